The zero-order valence-electron chi connectivity index (χ0n) is 15.8. The molecule has 0 aliphatic heterocycles. The summed E-state index contributed by atoms with van der Waals surface area (Å²) in [6.07, 6.45) is 1.59. The van der Waals surface area contributed by atoms with Gasteiger partial charge in [-0.1, -0.05) is 35.3 Å². The summed E-state index contributed by atoms with van der Waals surface area (Å²) >= 11 is 12.0. The van der Waals surface area contributed by atoms with Crippen LogP contribution in [0.3, 0.4) is 0 Å². The first-order chi connectivity index (χ1) is 14.3. The monoisotopic (exact) mass is 447 g/mol. The number of amides is 1. The predicted octanol–water partition coefficient (Wildman–Crippen LogP) is 5.59. The van der Waals surface area contributed by atoms with E-state index in [1.165, 1.54) is 11.8 Å². The van der Waals surface area contributed by atoms with Crippen LogP contribution >= 0.6 is 23.2 Å². The average molecular weight is 448 g/mol. The standard InChI is InChI=1S/C21H16Cl2FN3O3/c1-13-19(24)9-15(10-20(13)27(29)30)21(28)26(12-16-4-2-3-7-25-16)11-14-5-6-17(22)18(23)8-14/h2-10H,11-12H2,1H3. The smallest absolute Gasteiger partial charge is 0.276 e. The van der Waals surface area contributed by atoms with Crippen molar-refractivity contribution in [2.24, 2.45) is 0 Å². The van der Waals surface area contributed by atoms with E-state index in [4.69, 9.17) is 23.2 Å². The molecule has 3 aromatic rings. The molecule has 154 valence electrons. The van der Waals surface area contributed by atoms with Crippen molar-refractivity contribution >= 4 is 34.8 Å². The van der Waals surface area contributed by atoms with Crippen LogP contribution in [0, 0.1) is 22.9 Å². The molecule has 3 rings (SSSR count). The molecule has 0 aliphatic rings. The summed E-state index contributed by atoms with van der Waals surface area (Å²) in [7, 11) is 0. The lowest BCUT2D eigenvalue weighted by Crippen LogP contribution is -2.30. The van der Waals surface area contributed by atoms with Gasteiger partial charge in [0.15, 0.2) is 0 Å². The molecular weight excluding hydrogens is 432 g/mol. The normalized spacial score (nSPS) is 10.7. The molecule has 1 aromatic heterocycles. The third-order valence-corrected chi connectivity index (χ3v) is 5.22. The minimum Gasteiger partial charge on any atom is -0.328 e. The molecular formula is C21H16Cl2FN3O3. The molecule has 1 heterocycles. The van der Waals surface area contributed by atoms with Crippen molar-refractivity contribution in [2.75, 3.05) is 0 Å². The van der Waals surface area contributed by atoms with E-state index in [9.17, 15) is 19.3 Å². The van der Waals surface area contributed by atoms with Gasteiger partial charge in [0, 0.05) is 24.4 Å². The van der Waals surface area contributed by atoms with Gasteiger partial charge in [-0.15, -0.1) is 0 Å². The molecule has 0 N–H and O–H groups in total. The van der Waals surface area contributed by atoms with E-state index in [1.807, 2.05) is 0 Å². The van der Waals surface area contributed by atoms with Crippen molar-refractivity contribution in [2.45, 2.75) is 20.0 Å². The maximum Gasteiger partial charge on any atom is 0.276 e. The molecule has 0 bridgehead atoms. The molecule has 9 heteroatoms. The van der Waals surface area contributed by atoms with Gasteiger partial charge in [-0.2, -0.15) is 0 Å². The zero-order valence-corrected chi connectivity index (χ0v) is 17.3. The Hall–Kier alpha value is -3.03. The Morgan fingerprint density at radius 1 is 1.13 bits per heavy atom. The summed E-state index contributed by atoms with van der Waals surface area (Å²) in [6.45, 7) is 1.53. The lowest BCUT2D eigenvalue weighted by molar-refractivity contribution is -0.385. The number of nitrogens with zero attached hydrogens (tertiary/aromatic N) is 3. The highest BCUT2D eigenvalue weighted by Gasteiger charge is 2.23. The number of rotatable bonds is 6. The summed E-state index contributed by atoms with van der Waals surface area (Å²) in [4.78, 5) is 29.4. The summed E-state index contributed by atoms with van der Waals surface area (Å²) in [6, 6.07) is 12.3. The van der Waals surface area contributed by atoms with Crippen LogP contribution in [0.25, 0.3) is 0 Å². The number of halogens is 3. The van der Waals surface area contributed by atoms with Crippen LogP contribution in [0.1, 0.15) is 27.2 Å². The topological polar surface area (TPSA) is 76.3 Å². The van der Waals surface area contributed by atoms with E-state index in [2.05, 4.69) is 4.98 Å². The molecule has 0 aliphatic carbocycles. The van der Waals surface area contributed by atoms with Crippen LogP contribution in [0.2, 0.25) is 10.0 Å². The number of hydrogen-bond donors (Lipinski definition) is 0. The number of nitro benzene ring substituents is 1. The Balaban J connectivity index is 1.99. The van der Waals surface area contributed by atoms with Crippen molar-refractivity contribution in [1.82, 2.24) is 9.88 Å². The van der Waals surface area contributed by atoms with Crippen molar-refractivity contribution in [3.8, 4) is 0 Å². The fraction of sp³-hybridized carbons (Fsp3) is 0.143. The van der Waals surface area contributed by atoms with Gasteiger partial charge in [-0.3, -0.25) is 19.9 Å². The molecule has 0 saturated carbocycles. The number of benzene rings is 2. The minimum atomic E-state index is -0.820. The number of hydrogen-bond acceptors (Lipinski definition) is 4. The van der Waals surface area contributed by atoms with Gasteiger partial charge in [0.25, 0.3) is 11.6 Å². The lowest BCUT2D eigenvalue weighted by Gasteiger charge is -2.23. The lowest BCUT2D eigenvalue weighted by atomic mass is 10.1. The average Bonchev–Trinajstić information content (AvgIpc) is 2.72. The van der Waals surface area contributed by atoms with Crippen LogP contribution < -0.4 is 0 Å². The van der Waals surface area contributed by atoms with E-state index >= 15 is 0 Å². The first-order valence-electron chi connectivity index (χ1n) is 8.84. The highest BCUT2D eigenvalue weighted by Crippen LogP contribution is 2.26. The molecule has 0 spiro atoms. The molecule has 0 fully saturated rings. The number of carbonyl (C=O) groups excluding carboxylic acids is 1. The Kier molecular flexibility index (Phi) is 6.64. The molecule has 1 amide bonds. The Labute approximate surface area is 182 Å². The maximum absolute atomic E-state index is 14.3. The van der Waals surface area contributed by atoms with E-state index < -0.39 is 22.3 Å². The zero-order chi connectivity index (χ0) is 21.8. The second kappa shape index (κ2) is 9.19. The first-order valence-corrected chi connectivity index (χ1v) is 9.59. The Morgan fingerprint density at radius 2 is 1.90 bits per heavy atom. The van der Waals surface area contributed by atoms with Gasteiger partial charge < -0.3 is 4.90 Å². The number of pyridine rings is 1. The first kappa shape index (κ1) is 21.7. The van der Waals surface area contributed by atoms with Crippen LogP contribution in [-0.4, -0.2) is 20.7 Å². The molecule has 0 unspecified atom stereocenters. The van der Waals surface area contributed by atoms with Gasteiger partial charge >= 0.3 is 0 Å². The Bertz CT molecular complexity index is 1110. The fourth-order valence-corrected chi connectivity index (χ4v) is 3.23. The number of aromatic nitrogens is 1. The molecule has 30 heavy (non-hydrogen) atoms. The highest BCUT2D eigenvalue weighted by molar-refractivity contribution is 6.42. The van der Waals surface area contributed by atoms with Crippen molar-refractivity contribution in [1.29, 1.82) is 0 Å². The number of nitro groups is 1. The van der Waals surface area contributed by atoms with Crippen LogP contribution in [0.4, 0.5) is 10.1 Å². The van der Waals surface area contributed by atoms with Crippen LogP contribution in [0.15, 0.2) is 54.7 Å². The van der Waals surface area contributed by atoms with Gasteiger partial charge in [0.2, 0.25) is 0 Å². The summed E-state index contributed by atoms with van der Waals surface area (Å²) < 4.78 is 14.3. The summed E-state index contributed by atoms with van der Waals surface area (Å²) in [5, 5.41) is 12.0. The van der Waals surface area contributed by atoms with Gasteiger partial charge in [-0.25, -0.2) is 4.39 Å². The third kappa shape index (κ3) is 4.93. The second-order valence-corrected chi connectivity index (χ2v) is 7.40. The minimum absolute atomic E-state index is 0.114. The van der Waals surface area contributed by atoms with Crippen molar-refractivity contribution < 1.29 is 14.1 Å². The van der Waals surface area contributed by atoms with E-state index in [1.54, 1.807) is 42.6 Å². The van der Waals surface area contributed by atoms with E-state index in [-0.39, 0.29) is 24.2 Å². The SMILES string of the molecule is Cc1c(F)cc(C(=O)N(Cc2ccc(Cl)c(Cl)c2)Cc2ccccn2)cc1[N+](=O)[O-]. The maximum atomic E-state index is 14.3. The fourth-order valence-electron chi connectivity index (χ4n) is 2.91. The molecule has 2 aromatic carbocycles. The van der Waals surface area contributed by atoms with E-state index in [0.29, 0.717) is 21.3 Å². The van der Waals surface area contributed by atoms with Crippen LogP contribution in [-0.2, 0) is 13.1 Å². The molecule has 0 atom stereocenters. The third-order valence-electron chi connectivity index (χ3n) is 4.48. The van der Waals surface area contributed by atoms with E-state index in [0.717, 1.165) is 12.1 Å². The molecule has 0 radical (unpaired) electrons. The second-order valence-electron chi connectivity index (χ2n) is 6.59. The van der Waals surface area contributed by atoms with Crippen molar-refractivity contribution in [3.05, 3.63) is 103 Å². The molecule has 0 saturated heterocycles. The van der Waals surface area contributed by atoms with Gasteiger partial charge in [0.05, 0.1) is 32.8 Å². The van der Waals surface area contributed by atoms with Gasteiger partial charge in [0.1, 0.15) is 5.82 Å². The highest BCUT2D eigenvalue weighted by atomic mass is 35.5. The van der Waals surface area contributed by atoms with Crippen molar-refractivity contribution in [3.63, 3.8) is 0 Å². The number of carbonyl (C=O) groups is 1. The summed E-state index contributed by atoms with van der Waals surface area (Å²) in [5.74, 6) is -1.39. The van der Waals surface area contributed by atoms with Crippen LogP contribution in [0.5, 0.6) is 0 Å². The van der Waals surface area contributed by atoms with Gasteiger partial charge in [-0.05, 0) is 42.8 Å². The Morgan fingerprint density at radius 3 is 2.53 bits per heavy atom. The molecule has 6 nitrogen and oxygen atoms in total. The quantitative estimate of drug-likeness (QED) is 0.364. The summed E-state index contributed by atoms with van der Waals surface area (Å²) in [5.41, 5.74) is 0.590. The predicted molar refractivity (Wildman–Crippen MR) is 112 cm³/mol. The largest absolute Gasteiger partial charge is 0.328 e.